The van der Waals surface area contributed by atoms with Crippen LogP contribution in [0.1, 0.15) is 34.1 Å². The third-order valence-corrected chi connectivity index (χ3v) is 3.67. The average Bonchev–Trinajstić information content (AvgIpc) is 2.23. The summed E-state index contributed by atoms with van der Waals surface area (Å²) in [5.41, 5.74) is 0.278. The van der Waals surface area contributed by atoms with Crippen LogP contribution in [-0.2, 0) is 4.74 Å². The molecule has 1 heterocycles. The van der Waals surface area contributed by atoms with Gasteiger partial charge < -0.3 is 10.1 Å². The standard InChI is InChI=1S/C12H26N2O/c1-6-12(4)9-14(8-11(3)15-5)10(2)7-13-12/h10-11,13H,6-9H2,1-5H3. The van der Waals surface area contributed by atoms with Crippen LogP contribution in [0.5, 0.6) is 0 Å². The molecule has 3 heteroatoms. The van der Waals surface area contributed by atoms with Crippen LogP contribution >= 0.6 is 0 Å². The maximum absolute atomic E-state index is 5.34. The van der Waals surface area contributed by atoms with Crippen molar-refractivity contribution in [2.75, 3.05) is 26.7 Å². The molecule has 0 radical (unpaired) electrons. The van der Waals surface area contributed by atoms with Crippen LogP contribution in [0.25, 0.3) is 0 Å². The Balaban J connectivity index is 2.53. The van der Waals surface area contributed by atoms with Crippen molar-refractivity contribution in [1.29, 1.82) is 0 Å². The van der Waals surface area contributed by atoms with E-state index < -0.39 is 0 Å². The number of rotatable bonds is 4. The SMILES string of the molecule is CCC1(C)CN(CC(C)OC)C(C)CN1. The minimum absolute atomic E-state index is 0.278. The van der Waals surface area contributed by atoms with Gasteiger partial charge in [0.05, 0.1) is 6.10 Å². The van der Waals surface area contributed by atoms with Gasteiger partial charge in [-0.05, 0) is 27.2 Å². The van der Waals surface area contributed by atoms with Crippen LogP contribution in [0.4, 0.5) is 0 Å². The first kappa shape index (κ1) is 12.9. The van der Waals surface area contributed by atoms with E-state index in [-0.39, 0.29) is 5.54 Å². The lowest BCUT2D eigenvalue weighted by Crippen LogP contribution is -2.62. The number of ether oxygens (including phenoxy) is 1. The van der Waals surface area contributed by atoms with Gasteiger partial charge in [-0.2, -0.15) is 0 Å². The Bertz CT molecular complexity index is 198. The highest BCUT2D eigenvalue weighted by atomic mass is 16.5. The second-order valence-corrected chi connectivity index (χ2v) is 5.12. The minimum atomic E-state index is 0.278. The lowest BCUT2D eigenvalue weighted by Gasteiger charge is -2.45. The van der Waals surface area contributed by atoms with E-state index in [2.05, 4.69) is 37.9 Å². The van der Waals surface area contributed by atoms with Crippen LogP contribution < -0.4 is 5.32 Å². The van der Waals surface area contributed by atoms with E-state index in [9.17, 15) is 0 Å². The Morgan fingerprint density at radius 3 is 2.80 bits per heavy atom. The molecule has 15 heavy (non-hydrogen) atoms. The second-order valence-electron chi connectivity index (χ2n) is 5.12. The van der Waals surface area contributed by atoms with E-state index in [4.69, 9.17) is 4.74 Å². The maximum Gasteiger partial charge on any atom is 0.0670 e. The first-order valence-corrected chi connectivity index (χ1v) is 6.02. The summed E-state index contributed by atoms with van der Waals surface area (Å²) in [7, 11) is 1.79. The highest BCUT2D eigenvalue weighted by Crippen LogP contribution is 2.18. The molecular formula is C12H26N2O. The average molecular weight is 214 g/mol. The highest BCUT2D eigenvalue weighted by Gasteiger charge is 2.32. The van der Waals surface area contributed by atoms with Crippen LogP contribution in [0.2, 0.25) is 0 Å². The fourth-order valence-corrected chi connectivity index (χ4v) is 2.07. The fourth-order valence-electron chi connectivity index (χ4n) is 2.07. The van der Waals surface area contributed by atoms with Gasteiger partial charge >= 0.3 is 0 Å². The van der Waals surface area contributed by atoms with Crippen molar-refractivity contribution in [1.82, 2.24) is 10.2 Å². The van der Waals surface area contributed by atoms with Gasteiger partial charge in [0.25, 0.3) is 0 Å². The van der Waals surface area contributed by atoms with Crippen molar-refractivity contribution in [3.8, 4) is 0 Å². The van der Waals surface area contributed by atoms with Crippen LogP contribution in [-0.4, -0.2) is 49.3 Å². The summed E-state index contributed by atoms with van der Waals surface area (Å²) in [6, 6.07) is 0.613. The van der Waals surface area contributed by atoms with Crippen molar-refractivity contribution in [3.05, 3.63) is 0 Å². The summed E-state index contributed by atoms with van der Waals surface area (Å²) < 4.78 is 5.34. The molecule has 0 amide bonds. The zero-order valence-electron chi connectivity index (χ0n) is 10.8. The van der Waals surface area contributed by atoms with Gasteiger partial charge in [0.15, 0.2) is 0 Å². The Morgan fingerprint density at radius 2 is 2.27 bits per heavy atom. The van der Waals surface area contributed by atoms with Crippen molar-refractivity contribution in [3.63, 3.8) is 0 Å². The van der Waals surface area contributed by atoms with Gasteiger partial charge in [-0.25, -0.2) is 0 Å². The predicted molar refractivity (Wildman–Crippen MR) is 64.2 cm³/mol. The summed E-state index contributed by atoms with van der Waals surface area (Å²) in [4.78, 5) is 2.54. The molecule has 0 bridgehead atoms. The zero-order chi connectivity index (χ0) is 11.5. The quantitative estimate of drug-likeness (QED) is 0.767. The van der Waals surface area contributed by atoms with Gasteiger partial charge in [0, 0.05) is 38.3 Å². The van der Waals surface area contributed by atoms with E-state index in [1.807, 2.05) is 0 Å². The second kappa shape index (κ2) is 5.28. The molecule has 1 aliphatic rings. The van der Waals surface area contributed by atoms with Gasteiger partial charge in [-0.1, -0.05) is 6.92 Å². The van der Waals surface area contributed by atoms with Gasteiger partial charge in [-0.3, -0.25) is 4.90 Å². The predicted octanol–water partition coefficient (Wildman–Crippen LogP) is 1.48. The molecule has 3 unspecified atom stereocenters. The van der Waals surface area contributed by atoms with Crippen molar-refractivity contribution in [2.24, 2.45) is 0 Å². The normalized spacial score (nSPS) is 35.4. The molecule has 0 saturated carbocycles. The molecule has 90 valence electrons. The van der Waals surface area contributed by atoms with Gasteiger partial charge in [0.2, 0.25) is 0 Å². The summed E-state index contributed by atoms with van der Waals surface area (Å²) in [6.45, 7) is 12.2. The Hall–Kier alpha value is -0.120. The van der Waals surface area contributed by atoms with Gasteiger partial charge in [0.1, 0.15) is 0 Å². The number of nitrogens with zero attached hydrogens (tertiary/aromatic N) is 1. The summed E-state index contributed by atoms with van der Waals surface area (Å²) in [5.74, 6) is 0. The largest absolute Gasteiger partial charge is 0.380 e. The molecule has 0 aliphatic carbocycles. The number of nitrogens with one attached hydrogen (secondary N) is 1. The smallest absolute Gasteiger partial charge is 0.0670 e. The highest BCUT2D eigenvalue weighted by molar-refractivity contribution is 4.93. The van der Waals surface area contributed by atoms with E-state index in [0.717, 1.165) is 19.6 Å². The van der Waals surface area contributed by atoms with Crippen molar-refractivity contribution in [2.45, 2.75) is 51.8 Å². The molecule has 3 nitrogen and oxygen atoms in total. The van der Waals surface area contributed by atoms with Crippen LogP contribution in [0.3, 0.4) is 0 Å². The monoisotopic (exact) mass is 214 g/mol. The molecule has 0 spiro atoms. The first-order valence-electron chi connectivity index (χ1n) is 6.02. The summed E-state index contributed by atoms with van der Waals surface area (Å²) >= 11 is 0. The van der Waals surface area contributed by atoms with Gasteiger partial charge in [-0.15, -0.1) is 0 Å². The lowest BCUT2D eigenvalue weighted by molar-refractivity contribution is 0.0281. The third kappa shape index (κ3) is 3.44. The van der Waals surface area contributed by atoms with E-state index in [1.165, 1.54) is 6.42 Å². The van der Waals surface area contributed by atoms with E-state index >= 15 is 0 Å². The molecular weight excluding hydrogens is 188 g/mol. The number of hydrogen-bond donors (Lipinski definition) is 1. The molecule has 1 rings (SSSR count). The third-order valence-electron chi connectivity index (χ3n) is 3.67. The molecule has 0 aromatic heterocycles. The summed E-state index contributed by atoms with van der Waals surface area (Å²) in [5, 5.41) is 3.63. The molecule has 0 aromatic carbocycles. The van der Waals surface area contributed by atoms with E-state index in [0.29, 0.717) is 12.1 Å². The number of hydrogen-bond acceptors (Lipinski definition) is 3. The lowest BCUT2D eigenvalue weighted by atomic mass is 9.93. The first-order chi connectivity index (χ1) is 7.00. The maximum atomic E-state index is 5.34. The van der Waals surface area contributed by atoms with Crippen molar-refractivity contribution >= 4 is 0 Å². The number of methoxy groups -OCH3 is 1. The molecule has 1 aliphatic heterocycles. The van der Waals surface area contributed by atoms with E-state index in [1.54, 1.807) is 7.11 Å². The molecule has 1 fully saturated rings. The number of piperazine rings is 1. The molecule has 0 aromatic rings. The Labute approximate surface area is 94.2 Å². The Kier molecular flexibility index (Phi) is 4.56. The van der Waals surface area contributed by atoms with Crippen LogP contribution in [0, 0.1) is 0 Å². The van der Waals surface area contributed by atoms with Crippen molar-refractivity contribution < 1.29 is 4.74 Å². The molecule has 3 atom stereocenters. The van der Waals surface area contributed by atoms with Crippen LogP contribution in [0.15, 0.2) is 0 Å². The fraction of sp³-hybridized carbons (Fsp3) is 1.00. The zero-order valence-corrected chi connectivity index (χ0v) is 10.8. The Morgan fingerprint density at radius 1 is 1.60 bits per heavy atom. The topological polar surface area (TPSA) is 24.5 Å². The minimum Gasteiger partial charge on any atom is -0.380 e. The molecule has 1 saturated heterocycles. The summed E-state index contributed by atoms with van der Waals surface area (Å²) in [6.07, 6.45) is 1.50. The molecule has 1 N–H and O–H groups in total.